The largest absolute Gasteiger partial charge is 0.376 e. The van der Waals surface area contributed by atoms with Gasteiger partial charge in [-0.3, -0.25) is 4.57 Å². The molecule has 8 heteroatoms. The third-order valence-corrected chi connectivity index (χ3v) is 3.86. The Balaban J connectivity index is 1.57. The Bertz CT molecular complexity index is 838. The number of nitrogens with two attached hydrogens (primary N) is 1. The van der Waals surface area contributed by atoms with E-state index in [0.29, 0.717) is 31.0 Å². The number of fused-ring (bicyclic) bond motifs is 1. The molecule has 0 aliphatic heterocycles. The first-order valence-electron chi connectivity index (χ1n) is 8.90. The summed E-state index contributed by atoms with van der Waals surface area (Å²) in [6.07, 6.45) is 3.15. The van der Waals surface area contributed by atoms with E-state index in [1.54, 1.807) is 17.1 Å². The molecule has 144 valence electrons. The van der Waals surface area contributed by atoms with E-state index in [2.05, 4.69) is 15.0 Å². The lowest BCUT2D eigenvalue weighted by atomic mass is 10.2. The summed E-state index contributed by atoms with van der Waals surface area (Å²) >= 11 is 0. The highest BCUT2D eigenvalue weighted by Gasteiger charge is 2.13. The molecule has 27 heavy (non-hydrogen) atoms. The molecule has 0 saturated carbocycles. The van der Waals surface area contributed by atoms with Crippen molar-refractivity contribution in [1.29, 1.82) is 0 Å². The second-order valence-electron chi connectivity index (χ2n) is 6.45. The van der Waals surface area contributed by atoms with Crippen molar-refractivity contribution in [2.24, 2.45) is 0 Å². The molecule has 2 heterocycles. The molecule has 0 saturated heterocycles. The quantitative estimate of drug-likeness (QED) is 0.584. The second-order valence-corrected chi connectivity index (χ2v) is 6.45. The number of hydrogen-bond acceptors (Lipinski definition) is 7. The number of aromatic nitrogens is 4. The molecule has 0 bridgehead atoms. The summed E-state index contributed by atoms with van der Waals surface area (Å²) in [7, 11) is 0. The van der Waals surface area contributed by atoms with E-state index < -0.39 is 0 Å². The second kappa shape index (κ2) is 9.40. The Morgan fingerprint density at radius 3 is 2.67 bits per heavy atom. The van der Waals surface area contributed by atoms with Gasteiger partial charge in [-0.05, 0) is 19.4 Å². The van der Waals surface area contributed by atoms with Crippen molar-refractivity contribution in [3.63, 3.8) is 0 Å². The number of nitrogen functional groups attached to an aromatic ring is 1. The summed E-state index contributed by atoms with van der Waals surface area (Å²) in [4.78, 5) is 12.4. The van der Waals surface area contributed by atoms with E-state index in [0.717, 1.165) is 5.56 Å². The zero-order valence-electron chi connectivity index (χ0n) is 15.6. The number of benzene rings is 1. The number of nitrogens with zero attached hydrogens (tertiary/aromatic N) is 4. The fourth-order valence-corrected chi connectivity index (χ4v) is 2.48. The average molecular weight is 371 g/mol. The standard InChI is InChI=1S/C19H25N5O3/c1-14(2)26-11-16(10-25-9-15-6-4-3-5-7-15)27-13-24-12-22-17-8-21-19(20)23-18(17)24/h3-8,12,14,16H,9-11,13H2,1-2H3,(H2,20,21,23). The van der Waals surface area contributed by atoms with Crippen molar-refractivity contribution in [3.05, 3.63) is 48.4 Å². The molecule has 0 amide bonds. The first-order chi connectivity index (χ1) is 13.1. The van der Waals surface area contributed by atoms with Crippen LogP contribution in [0.2, 0.25) is 0 Å². The van der Waals surface area contributed by atoms with Gasteiger partial charge in [-0.25, -0.2) is 9.97 Å². The lowest BCUT2D eigenvalue weighted by molar-refractivity contribution is -0.0930. The van der Waals surface area contributed by atoms with Crippen LogP contribution < -0.4 is 5.73 Å². The van der Waals surface area contributed by atoms with Crippen LogP contribution in [0.4, 0.5) is 5.95 Å². The lowest BCUT2D eigenvalue weighted by Gasteiger charge is -2.20. The SMILES string of the molecule is CC(C)OCC(COCc1ccccc1)OCn1cnc2cnc(N)nc21. The zero-order valence-corrected chi connectivity index (χ0v) is 15.6. The Labute approximate surface area is 158 Å². The van der Waals surface area contributed by atoms with Crippen molar-refractivity contribution < 1.29 is 14.2 Å². The fourth-order valence-electron chi connectivity index (χ4n) is 2.48. The zero-order chi connectivity index (χ0) is 19.1. The van der Waals surface area contributed by atoms with Gasteiger partial charge in [-0.15, -0.1) is 0 Å². The van der Waals surface area contributed by atoms with Crippen LogP contribution in [0.1, 0.15) is 19.4 Å². The molecular weight excluding hydrogens is 346 g/mol. The van der Waals surface area contributed by atoms with Gasteiger partial charge in [0.05, 0.1) is 38.4 Å². The van der Waals surface area contributed by atoms with E-state index >= 15 is 0 Å². The van der Waals surface area contributed by atoms with Crippen molar-refractivity contribution in [2.45, 2.75) is 39.4 Å². The van der Waals surface area contributed by atoms with Crippen molar-refractivity contribution >= 4 is 17.1 Å². The first kappa shape index (κ1) is 19.2. The molecule has 0 aliphatic carbocycles. The highest BCUT2D eigenvalue weighted by atomic mass is 16.6. The maximum absolute atomic E-state index is 5.99. The summed E-state index contributed by atoms with van der Waals surface area (Å²) in [5.41, 5.74) is 8.09. The van der Waals surface area contributed by atoms with Gasteiger partial charge in [0.2, 0.25) is 5.95 Å². The van der Waals surface area contributed by atoms with E-state index in [4.69, 9.17) is 19.9 Å². The monoisotopic (exact) mass is 371 g/mol. The molecule has 2 N–H and O–H groups in total. The predicted octanol–water partition coefficient (Wildman–Crippen LogP) is 2.39. The summed E-state index contributed by atoms with van der Waals surface area (Å²) in [6, 6.07) is 10.0. The van der Waals surface area contributed by atoms with Crippen molar-refractivity contribution in [3.8, 4) is 0 Å². The minimum atomic E-state index is -0.215. The Hall–Kier alpha value is -2.55. The maximum atomic E-state index is 5.99. The van der Waals surface area contributed by atoms with Crippen molar-refractivity contribution in [2.75, 3.05) is 18.9 Å². The fraction of sp³-hybridized carbons (Fsp3) is 0.421. The van der Waals surface area contributed by atoms with Crippen LogP contribution in [0.25, 0.3) is 11.2 Å². The molecule has 1 aromatic carbocycles. The van der Waals surface area contributed by atoms with Gasteiger partial charge in [-0.1, -0.05) is 30.3 Å². The van der Waals surface area contributed by atoms with Gasteiger partial charge in [-0.2, -0.15) is 4.98 Å². The molecule has 1 atom stereocenters. The van der Waals surface area contributed by atoms with E-state index in [1.807, 2.05) is 44.2 Å². The maximum Gasteiger partial charge on any atom is 0.222 e. The smallest absolute Gasteiger partial charge is 0.222 e. The molecule has 0 fully saturated rings. The summed E-state index contributed by atoms with van der Waals surface area (Å²) in [5, 5.41) is 0. The van der Waals surface area contributed by atoms with Crippen LogP contribution >= 0.6 is 0 Å². The number of ether oxygens (including phenoxy) is 3. The highest BCUT2D eigenvalue weighted by molar-refractivity contribution is 5.70. The lowest BCUT2D eigenvalue weighted by Crippen LogP contribution is -2.28. The average Bonchev–Trinajstić information content (AvgIpc) is 3.06. The molecule has 2 aromatic heterocycles. The third-order valence-electron chi connectivity index (χ3n) is 3.86. The number of imidazole rings is 1. The minimum Gasteiger partial charge on any atom is -0.376 e. The van der Waals surface area contributed by atoms with Crippen LogP contribution in [0, 0.1) is 0 Å². The van der Waals surface area contributed by atoms with Gasteiger partial charge in [0.1, 0.15) is 18.4 Å². The summed E-state index contributed by atoms with van der Waals surface area (Å²) in [5.74, 6) is 0.204. The van der Waals surface area contributed by atoms with Crippen molar-refractivity contribution in [1.82, 2.24) is 19.5 Å². The number of anilines is 1. The minimum absolute atomic E-state index is 0.117. The van der Waals surface area contributed by atoms with Gasteiger partial charge < -0.3 is 19.9 Å². The summed E-state index contributed by atoms with van der Waals surface area (Å²) < 4.78 is 19.3. The van der Waals surface area contributed by atoms with Gasteiger partial charge in [0.25, 0.3) is 0 Å². The van der Waals surface area contributed by atoms with Crippen LogP contribution in [-0.4, -0.2) is 44.9 Å². The van der Waals surface area contributed by atoms with Gasteiger partial charge in [0.15, 0.2) is 5.65 Å². The van der Waals surface area contributed by atoms with E-state index in [9.17, 15) is 0 Å². The molecule has 3 rings (SSSR count). The Kier molecular flexibility index (Phi) is 6.69. The predicted molar refractivity (Wildman–Crippen MR) is 102 cm³/mol. The first-order valence-corrected chi connectivity index (χ1v) is 8.90. The van der Waals surface area contributed by atoms with Crippen LogP contribution in [0.15, 0.2) is 42.9 Å². The van der Waals surface area contributed by atoms with E-state index in [1.165, 1.54) is 0 Å². The van der Waals surface area contributed by atoms with Gasteiger partial charge in [0, 0.05) is 0 Å². The molecule has 0 aliphatic rings. The molecule has 0 spiro atoms. The van der Waals surface area contributed by atoms with Crippen LogP contribution in [-0.2, 0) is 27.5 Å². The highest BCUT2D eigenvalue weighted by Crippen LogP contribution is 2.11. The molecule has 3 aromatic rings. The van der Waals surface area contributed by atoms with Crippen LogP contribution in [0.3, 0.4) is 0 Å². The Morgan fingerprint density at radius 1 is 1.07 bits per heavy atom. The molecule has 0 radical (unpaired) electrons. The Morgan fingerprint density at radius 2 is 1.89 bits per heavy atom. The van der Waals surface area contributed by atoms with E-state index in [-0.39, 0.29) is 24.9 Å². The number of hydrogen-bond donors (Lipinski definition) is 1. The molecule has 8 nitrogen and oxygen atoms in total. The normalized spacial score (nSPS) is 12.7. The third kappa shape index (κ3) is 5.72. The molecular formula is C19H25N5O3. The van der Waals surface area contributed by atoms with Crippen LogP contribution in [0.5, 0.6) is 0 Å². The molecule has 1 unspecified atom stereocenters. The summed E-state index contributed by atoms with van der Waals surface area (Å²) in [6.45, 7) is 5.64. The number of rotatable bonds is 10. The topological polar surface area (TPSA) is 97.3 Å². The van der Waals surface area contributed by atoms with Gasteiger partial charge >= 0.3 is 0 Å².